The third-order valence-corrected chi connectivity index (χ3v) is 5.20. The summed E-state index contributed by atoms with van der Waals surface area (Å²) >= 11 is 0. The molecular formula is C19H31BO2. The summed E-state index contributed by atoms with van der Waals surface area (Å²) < 4.78 is 12.6. The first-order valence-corrected chi connectivity index (χ1v) is 8.78. The molecule has 1 fully saturated rings. The highest BCUT2D eigenvalue weighted by molar-refractivity contribution is 6.47. The molecule has 0 amide bonds. The minimum Gasteiger partial charge on any atom is -0.403 e. The second-order valence-electron chi connectivity index (χ2n) is 7.49. The largest absolute Gasteiger partial charge is 0.465 e. The molecule has 0 bridgehead atoms. The van der Waals surface area contributed by atoms with Crippen LogP contribution in [0.2, 0.25) is 0 Å². The van der Waals surface area contributed by atoms with E-state index in [1.165, 1.54) is 31.2 Å². The van der Waals surface area contributed by atoms with Crippen LogP contribution in [0.3, 0.4) is 0 Å². The van der Waals surface area contributed by atoms with E-state index in [9.17, 15) is 0 Å². The van der Waals surface area contributed by atoms with Gasteiger partial charge in [-0.1, -0.05) is 62.9 Å². The molecule has 1 aromatic carbocycles. The first-order chi connectivity index (χ1) is 10.4. The molecule has 0 radical (unpaired) electrons. The van der Waals surface area contributed by atoms with Gasteiger partial charge in [0, 0.05) is 5.82 Å². The molecule has 2 rings (SSSR count). The molecule has 1 saturated heterocycles. The average molecular weight is 302 g/mol. The summed E-state index contributed by atoms with van der Waals surface area (Å²) in [5.41, 5.74) is 0.819. The lowest BCUT2D eigenvalue weighted by Gasteiger charge is -2.32. The van der Waals surface area contributed by atoms with Crippen molar-refractivity contribution in [3.8, 4) is 0 Å². The van der Waals surface area contributed by atoms with Crippen molar-refractivity contribution in [3.63, 3.8) is 0 Å². The van der Waals surface area contributed by atoms with Crippen LogP contribution in [0.5, 0.6) is 0 Å². The highest BCUT2D eigenvalue weighted by Crippen LogP contribution is 2.42. The Labute approximate surface area is 136 Å². The highest BCUT2D eigenvalue weighted by atomic mass is 16.7. The molecule has 0 aromatic heterocycles. The van der Waals surface area contributed by atoms with Crippen molar-refractivity contribution in [2.24, 2.45) is 0 Å². The topological polar surface area (TPSA) is 18.5 Å². The second-order valence-corrected chi connectivity index (χ2v) is 7.49. The van der Waals surface area contributed by atoms with Crippen molar-refractivity contribution < 1.29 is 9.31 Å². The van der Waals surface area contributed by atoms with E-state index < -0.39 is 0 Å². The molecule has 0 saturated carbocycles. The summed E-state index contributed by atoms with van der Waals surface area (Å²) in [7, 11) is -0.144. The zero-order chi connectivity index (χ0) is 16.2. The summed E-state index contributed by atoms with van der Waals surface area (Å²) in [6, 6.07) is 10.7. The number of hydrogen-bond donors (Lipinski definition) is 0. The van der Waals surface area contributed by atoms with Gasteiger partial charge in [-0.3, -0.25) is 0 Å². The van der Waals surface area contributed by atoms with Crippen molar-refractivity contribution in [3.05, 3.63) is 35.9 Å². The Morgan fingerprint density at radius 1 is 0.909 bits per heavy atom. The quantitative estimate of drug-likeness (QED) is 0.498. The van der Waals surface area contributed by atoms with Gasteiger partial charge in [0.05, 0.1) is 11.2 Å². The van der Waals surface area contributed by atoms with Crippen LogP contribution in [-0.2, 0) is 9.31 Å². The van der Waals surface area contributed by atoms with Gasteiger partial charge in [-0.2, -0.15) is 0 Å². The zero-order valence-corrected chi connectivity index (χ0v) is 14.9. The molecule has 0 N–H and O–H groups in total. The summed E-state index contributed by atoms with van der Waals surface area (Å²) in [6.07, 6.45) is 6.23. The lowest BCUT2D eigenvalue weighted by atomic mass is 9.65. The van der Waals surface area contributed by atoms with Gasteiger partial charge < -0.3 is 9.31 Å². The fourth-order valence-electron chi connectivity index (χ4n) is 3.00. The molecule has 0 spiro atoms. The van der Waals surface area contributed by atoms with Crippen LogP contribution < -0.4 is 0 Å². The van der Waals surface area contributed by atoms with Gasteiger partial charge in [-0.25, -0.2) is 0 Å². The van der Waals surface area contributed by atoms with E-state index in [0.717, 1.165) is 6.42 Å². The minimum absolute atomic E-state index is 0.144. The standard InChI is InChI=1S/C19H31BO2/c1-6-7-8-12-15-17(16-13-10-9-11-14-16)20-21-18(2,3)19(4,5)22-20/h9-11,13-14,17H,6-8,12,15H2,1-5H3/t17-/m0/s1. The Morgan fingerprint density at radius 2 is 1.50 bits per heavy atom. The monoisotopic (exact) mass is 302 g/mol. The van der Waals surface area contributed by atoms with Crippen molar-refractivity contribution >= 4 is 7.12 Å². The Balaban J connectivity index is 2.12. The molecule has 1 atom stereocenters. The summed E-state index contributed by atoms with van der Waals surface area (Å²) in [5.74, 6) is 0.319. The highest BCUT2D eigenvalue weighted by Gasteiger charge is 2.53. The molecular weight excluding hydrogens is 271 g/mol. The maximum absolute atomic E-state index is 6.32. The first kappa shape index (κ1) is 17.6. The van der Waals surface area contributed by atoms with Crippen molar-refractivity contribution in [1.29, 1.82) is 0 Å². The predicted octanol–water partition coefficient (Wildman–Crippen LogP) is 5.37. The lowest BCUT2D eigenvalue weighted by Crippen LogP contribution is -2.41. The van der Waals surface area contributed by atoms with E-state index in [0.29, 0.717) is 5.82 Å². The Hall–Kier alpha value is -0.795. The maximum Gasteiger partial charge on any atom is 0.465 e. The number of benzene rings is 1. The average Bonchev–Trinajstić information content (AvgIpc) is 2.68. The van der Waals surface area contributed by atoms with E-state index >= 15 is 0 Å². The van der Waals surface area contributed by atoms with E-state index in [-0.39, 0.29) is 18.3 Å². The smallest absolute Gasteiger partial charge is 0.403 e. The predicted molar refractivity (Wildman–Crippen MR) is 94.0 cm³/mol. The Morgan fingerprint density at radius 3 is 2.05 bits per heavy atom. The van der Waals surface area contributed by atoms with Gasteiger partial charge in [0.25, 0.3) is 0 Å². The lowest BCUT2D eigenvalue weighted by molar-refractivity contribution is 0.00578. The normalized spacial score (nSPS) is 21.0. The van der Waals surface area contributed by atoms with Gasteiger partial charge in [-0.15, -0.1) is 0 Å². The number of unbranched alkanes of at least 4 members (excludes halogenated alkanes) is 3. The molecule has 0 aliphatic carbocycles. The van der Waals surface area contributed by atoms with Crippen LogP contribution in [0.15, 0.2) is 30.3 Å². The van der Waals surface area contributed by atoms with Crippen LogP contribution in [0.4, 0.5) is 0 Å². The Kier molecular flexibility index (Phi) is 5.73. The van der Waals surface area contributed by atoms with E-state index in [1.807, 2.05) is 0 Å². The minimum atomic E-state index is -0.256. The molecule has 1 aliphatic rings. The van der Waals surface area contributed by atoms with Gasteiger partial charge in [0.2, 0.25) is 0 Å². The summed E-state index contributed by atoms with van der Waals surface area (Å²) in [4.78, 5) is 0. The van der Waals surface area contributed by atoms with Crippen LogP contribution >= 0.6 is 0 Å². The molecule has 3 heteroatoms. The van der Waals surface area contributed by atoms with Crippen molar-refractivity contribution in [2.75, 3.05) is 0 Å². The second kappa shape index (κ2) is 7.19. The molecule has 2 nitrogen and oxygen atoms in total. The Bertz CT molecular complexity index is 440. The summed E-state index contributed by atoms with van der Waals surface area (Å²) in [6.45, 7) is 10.8. The molecule has 0 unspecified atom stereocenters. The van der Waals surface area contributed by atoms with E-state index in [4.69, 9.17) is 9.31 Å². The molecule has 1 aliphatic heterocycles. The van der Waals surface area contributed by atoms with Crippen LogP contribution in [0.25, 0.3) is 0 Å². The fraction of sp³-hybridized carbons (Fsp3) is 0.684. The van der Waals surface area contributed by atoms with Gasteiger partial charge >= 0.3 is 7.12 Å². The van der Waals surface area contributed by atoms with E-state index in [2.05, 4.69) is 65.0 Å². The molecule has 1 aromatic rings. The van der Waals surface area contributed by atoms with Crippen molar-refractivity contribution in [1.82, 2.24) is 0 Å². The van der Waals surface area contributed by atoms with Crippen LogP contribution in [0, 0.1) is 0 Å². The first-order valence-electron chi connectivity index (χ1n) is 8.78. The number of hydrogen-bond acceptors (Lipinski definition) is 2. The van der Waals surface area contributed by atoms with E-state index in [1.54, 1.807) is 0 Å². The van der Waals surface area contributed by atoms with Gasteiger partial charge in [0.15, 0.2) is 0 Å². The van der Waals surface area contributed by atoms with Gasteiger partial charge in [-0.05, 0) is 39.7 Å². The fourth-order valence-corrected chi connectivity index (χ4v) is 3.00. The molecule has 122 valence electrons. The zero-order valence-electron chi connectivity index (χ0n) is 14.9. The maximum atomic E-state index is 6.32. The van der Waals surface area contributed by atoms with Gasteiger partial charge in [0.1, 0.15) is 0 Å². The molecule has 1 heterocycles. The third-order valence-electron chi connectivity index (χ3n) is 5.20. The molecule has 22 heavy (non-hydrogen) atoms. The van der Waals surface area contributed by atoms with Crippen LogP contribution in [0.1, 0.15) is 78.1 Å². The summed E-state index contributed by atoms with van der Waals surface area (Å²) in [5, 5.41) is 0. The van der Waals surface area contributed by atoms with Crippen LogP contribution in [-0.4, -0.2) is 18.3 Å². The third kappa shape index (κ3) is 3.94. The SMILES string of the molecule is CCCCCC[C@H](B1OC(C)(C)C(C)(C)O1)c1ccccc1. The number of rotatable bonds is 7. The van der Waals surface area contributed by atoms with Crippen molar-refractivity contribution in [2.45, 2.75) is 83.7 Å².